The molecule has 0 spiro atoms. The van der Waals surface area contributed by atoms with Gasteiger partial charge in [0, 0.05) is 66.3 Å². The maximum atomic E-state index is 5.22. The monoisotopic (exact) mass is 1730 g/mol. The Labute approximate surface area is 788 Å². The largest absolute Gasteiger partial charge is 0.228 e. The highest BCUT2D eigenvalue weighted by Gasteiger charge is 2.41. The van der Waals surface area contributed by atoms with Crippen molar-refractivity contribution in [1.29, 1.82) is 0 Å². The predicted octanol–water partition coefficient (Wildman–Crippen LogP) is 33.5. The fraction of sp³-hybridized carbons (Fsp3) is 0.0698. The van der Waals surface area contributed by atoms with Crippen LogP contribution in [0.2, 0.25) is 0 Å². The van der Waals surface area contributed by atoms with Crippen molar-refractivity contribution < 1.29 is 0 Å². The number of benzene rings is 19. The van der Waals surface area contributed by atoms with Crippen molar-refractivity contribution in [2.24, 2.45) is 0 Å². The highest BCUT2D eigenvalue weighted by atomic mass is 14.9. The molecular formula is C129H94N6. The molecule has 0 unspecified atom stereocenters. The van der Waals surface area contributed by atoms with Gasteiger partial charge in [-0.3, -0.25) is 0 Å². The van der Waals surface area contributed by atoms with E-state index in [1.54, 1.807) is 0 Å². The number of rotatable bonds is 13. The van der Waals surface area contributed by atoms with Crippen LogP contribution in [-0.2, 0) is 16.2 Å². The maximum Gasteiger partial charge on any atom is 0.160 e. The van der Waals surface area contributed by atoms with Gasteiger partial charge in [0.25, 0.3) is 0 Å². The van der Waals surface area contributed by atoms with Crippen LogP contribution in [0.3, 0.4) is 0 Å². The summed E-state index contributed by atoms with van der Waals surface area (Å²) in [5.41, 5.74) is 40.6. The highest BCUT2D eigenvalue weighted by Crippen LogP contribution is 2.58. The van der Waals surface area contributed by atoms with Crippen LogP contribution in [0.1, 0.15) is 74.9 Å². The second kappa shape index (κ2) is 34.2. The molecule has 25 rings (SSSR count). The van der Waals surface area contributed by atoms with Crippen molar-refractivity contribution in [2.45, 2.75) is 57.8 Å². The number of hydrogen-bond acceptors (Lipinski definition) is 6. The van der Waals surface area contributed by atoms with Gasteiger partial charge in [0.1, 0.15) is 0 Å². The minimum Gasteiger partial charge on any atom is -0.228 e. The Morgan fingerprint density at radius 2 is 0.356 bits per heavy atom. The Morgan fingerprint density at radius 1 is 0.141 bits per heavy atom. The molecule has 0 bridgehead atoms. The molecule has 135 heavy (non-hydrogen) atoms. The molecule has 3 aliphatic carbocycles. The van der Waals surface area contributed by atoms with Crippen molar-refractivity contribution in [1.82, 2.24) is 29.9 Å². The smallest absolute Gasteiger partial charge is 0.160 e. The van der Waals surface area contributed by atoms with Gasteiger partial charge < -0.3 is 0 Å². The average Bonchev–Trinajstić information content (AvgIpc) is 1.57. The topological polar surface area (TPSA) is 77.3 Å². The number of nitrogens with zero attached hydrogens (tertiary/aromatic N) is 6. The summed E-state index contributed by atoms with van der Waals surface area (Å²) in [4.78, 5) is 30.7. The number of hydrogen-bond donors (Lipinski definition) is 0. The zero-order valence-electron chi connectivity index (χ0n) is 76.1. The second-order valence-corrected chi connectivity index (χ2v) is 37.1. The first kappa shape index (κ1) is 82.6. The molecule has 640 valence electrons. The van der Waals surface area contributed by atoms with E-state index < -0.39 is 0 Å². The Bertz CT molecular complexity index is 8200. The van der Waals surface area contributed by atoms with Gasteiger partial charge in [-0.15, -0.1) is 0 Å². The van der Waals surface area contributed by atoms with Crippen molar-refractivity contribution in [3.05, 3.63) is 494 Å². The summed E-state index contributed by atoms with van der Waals surface area (Å²) in [6, 6.07) is 164. The normalized spacial score (nSPS) is 13.0. The average molecular weight is 1730 g/mol. The molecule has 3 aromatic heterocycles. The number of aromatic nitrogens is 6. The van der Waals surface area contributed by atoms with Crippen molar-refractivity contribution in [3.63, 3.8) is 0 Å². The minimum absolute atomic E-state index is 0.0653. The van der Waals surface area contributed by atoms with Crippen LogP contribution in [0.5, 0.6) is 0 Å². The van der Waals surface area contributed by atoms with Gasteiger partial charge in [-0.05, 0) is 192 Å². The second-order valence-electron chi connectivity index (χ2n) is 37.1. The molecule has 22 aromatic rings. The van der Waals surface area contributed by atoms with Crippen molar-refractivity contribution >= 4 is 32.3 Å². The lowest BCUT2D eigenvalue weighted by atomic mass is 9.80. The van der Waals surface area contributed by atoms with Gasteiger partial charge in [0.15, 0.2) is 17.5 Å². The van der Waals surface area contributed by atoms with E-state index in [-0.39, 0.29) is 16.2 Å². The first-order valence-electron chi connectivity index (χ1n) is 46.6. The summed E-state index contributed by atoms with van der Waals surface area (Å²) in [6.07, 6.45) is 0. The summed E-state index contributed by atoms with van der Waals surface area (Å²) < 4.78 is 0. The van der Waals surface area contributed by atoms with Crippen LogP contribution >= 0.6 is 0 Å². The van der Waals surface area contributed by atoms with Gasteiger partial charge in [-0.2, -0.15) is 0 Å². The first-order valence-corrected chi connectivity index (χ1v) is 46.6. The maximum absolute atomic E-state index is 5.22. The minimum atomic E-state index is -0.0968. The van der Waals surface area contributed by atoms with Crippen molar-refractivity contribution in [3.8, 4) is 180 Å². The van der Waals surface area contributed by atoms with E-state index in [0.717, 1.165) is 95.9 Å². The molecule has 19 aromatic carbocycles. The standard InChI is InChI=1S/C47H34N2.2C41H30N2/c1-47(2)40-23-12-11-22-39(40)45-41(47)29-35-18-9-10-21-38(35)44(45)36-19-13-20-37(28-36)46-48-42(33-16-7-4-8-17-33)30-43(49-46)34-26-24-32(25-27-34)31-14-5-3-6-15-31;1-41(2)34-23-12-11-22-33(34)39-35(41)25-29-18-9-10-21-32(29)38(39)30-19-13-20-31(24-30)40-42-36(27-14-5-3-6-15-27)26-37(43-40)28-16-7-4-8-17-28;1-41(2)34-20-12-11-19-33(34)39-35(41)25-31-17-9-10-18-32(31)38(39)29-21-23-30(24-22-29)40-42-36(27-13-5-3-6-14-27)26-37(43-40)28-15-7-4-8-16-28/h3-30H,1-2H3;2*3-26H,1-2H3. The van der Waals surface area contributed by atoms with E-state index in [2.05, 4.69) is 466 Å². The Balaban J connectivity index is 0.000000114. The lowest BCUT2D eigenvalue weighted by Gasteiger charge is -2.23. The molecule has 3 heterocycles. The molecule has 0 radical (unpaired) electrons. The summed E-state index contributed by atoms with van der Waals surface area (Å²) in [6.45, 7) is 14.1. The van der Waals surface area contributed by atoms with E-state index in [9.17, 15) is 0 Å². The van der Waals surface area contributed by atoms with Crippen LogP contribution in [0, 0.1) is 0 Å². The lowest BCUT2D eigenvalue weighted by molar-refractivity contribution is 0.661. The zero-order valence-corrected chi connectivity index (χ0v) is 76.1. The molecule has 0 saturated carbocycles. The molecule has 0 amide bonds. The van der Waals surface area contributed by atoms with E-state index in [1.165, 1.54) is 144 Å². The molecule has 6 nitrogen and oxygen atoms in total. The van der Waals surface area contributed by atoms with Crippen molar-refractivity contribution in [2.75, 3.05) is 0 Å². The van der Waals surface area contributed by atoms with E-state index in [1.807, 2.05) is 36.4 Å². The quantitative estimate of drug-likeness (QED) is 0.114. The zero-order chi connectivity index (χ0) is 90.9. The summed E-state index contributed by atoms with van der Waals surface area (Å²) in [5, 5.41) is 7.57. The van der Waals surface area contributed by atoms with Crippen LogP contribution in [0.25, 0.3) is 212 Å². The molecule has 0 N–H and O–H groups in total. The fourth-order valence-corrected chi connectivity index (χ4v) is 21.0. The third-order valence-electron chi connectivity index (χ3n) is 27.8. The van der Waals surface area contributed by atoms with E-state index in [0.29, 0.717) is 5.82 Å². The van der Waals surface area contributed by atoms with Gasteiger partial charge in [0.05, 0.1) is 34.2 Å². The highest BCUT2D eigenvalue weighted by molar-refractivity contribution is 6.12. The summed E-state index contributed by atoms with van der Waals surface area (Å²) in [7, 11) is 0. The summed E-state index contributed by atoms with van der Waals surface area (Å²) in [5.74, 6) is 2.16. The molecule has 3 aliphatic rings. The predicted molar refractivity (Wildman–Crippen MR) is 562 cm³/mol. The lowest BCUT2D eigenvalue weighted by Crippen LogP contribution is -2.14. The van der Waals surface area contributed by atoms with Crippen LogP contribution in [0.15, 0.2) is 461 Å². The first-order chi connectivity index (χ1) is 66.2. The van der Waals surface area contributed by atoms with Crippen LogP contribution < -0.4 is 0 Å². The Hall–Kier alpha value is -16.8. The SMILES string of the molecule is CC1(C)c2ccccc2-c2c1cc1ccccc1c2-c1ccc(-c2nc(-c3ccccc3)cc(-c3ccccc3)n2)cc1.CC1(C)c2ccccc2-c2c1cc1ccccc1c2-c1cccc(-c2nc(-c3ccccc3)cc(-c3ccc(-c4ccccc4)cc3)n2)c1.CC1(C)c2ccccc2-c2c1cc1ccccc1c2-c1cccc(-c2nc(-c3ccccc3)cc(-c3ccccc3)n2)c1. The third-order valence-corrected chi connectivity index (χ3v) is 27.8. The third kappa shape index (κ3) is 15.1. The van der Waals surface area contributed by atoms with Crippen LogP contribution in [0.4, 0.5) is 0 Å². The molecule has 0 atom stereocenters. The number of fused-ring (bicyclic) bond motifs is 12. The molecule has 6 heteroatoms. The fourth-order valence-electron chi connectivity index (χ4n) is 21.0. The van der Waals surface area contributed by atoms with Gasteiger partial charge in [-0.1, -0.05) is 454 Å². The molecular weight excluding hydrogens is 1630 g/mol. The van der Waals surface area contributed by atoms with E-state index in [4.69, 9.17) is 29.9 Å². The van der Waals surface area contributed by atoms with Gasteiger partial charge in [-0.25, -0.2) is 29.9 Å². The van der Waals surface area contributed by atoms with E-state index >= 15 is 0 Å². The molecule has 0 aliphatic heterocycles. The Morgan fingerprint density at radius 3 is 0.674 bits per heavy atom. The van der Waals surface area contributed by atoms with Gasteiger partial charge in [0.2, 0.25) is 0 Å². The summed E-state index contributed by atoms with van der Waals surface area (Å²) >= 11 is 0. The molecule has 0 saturated heterocycles. The van der Waals surface area contributed by atoms with Crippen LogP contribution in [-0.4, -0.2) is 29.9 Å². The van der Waals surface area contributed by atoms with Gasteiger partial charge >= 0.3 is 0 Å². The Kier molecular flexibility index (Phi) is 20.9. The molecule has 0 fully saturated rings.